The van der Waals surface area contributed by atoms with Gasteiger partial charge in [0.15, 0.2) is 6.61 Å². The highest BCUT2D eigenvalue weighted by atomic mass is 19.3. The average molecular weight is 412 g/mol. The van der Waals surface area contributed by atoms with E-state index in [9.17, 15) is 18.4 Å². The number of halogens is 2. The molecule has 154 valence electrons. The minimum atomic E-state index is -2.95. The van der Waals surface area contributed by atoms with Gasteiger partial charge in [0.2, 0.25) is 0 Å². The minimum absolute atomic E-state index is 0.0731. The first-order valence-corrected chi connectivity index (χ1v) is 8.94. The number of amides is 2. The second-order valence-corrected chi connectivity index (χ2v) is 6.06. The van der Waals surface area contributed by atoms with Gasteiger partial charge in [0.1, 0.15) is 11.5 Å². The van der Waals surface area contributed by atoms with E-state index in [2.05, 4.69) is 15.6 Å². The van der Waals surface area contributed by atoms with Crippen molar-refractivity contribution in [3.63, 3.8) is 0 Å². The molecule has 2 N–H and O–H groups in total. The fourth-order valence-corrected chi connectivity index (χ4v) is 2.61. The molecule has 0 saturated heterocycles. The van der Waals surface area contributed by atoms with Crippen LogP contribution in [-0.2, 0) is 4.79 Å². The van der Waals surface area contributed by atoms with Crippen molar-refractivity contribution in [1.29, 1.82) is 0 Å². The molecule has 0 spiro atoms. The van der Waals surface area contributed by atoms with Crippen LogP contribution in [-0.4, -0.2) is 25.0 Å². The van der Waals surface area contributed by atoms with Gasteiger partial charge < -0.3 is 9.47 Å². The summed E-state index contributed by atoms with van der Waals surface area (Å²) >= 11 is 0. The molecule has 6 nitrogen and oxygen atoms in total. The van der Waals surface area contributed by atoms with Crippen molar-refractivity contribution in [3.8, 4) is 22.6 Å². The molecule has 30 heavy (non-hydrogen) atoms. The number of hydrogen-bond donors (Lipinski definition) is 2. The van der Waals surface area contributed by atoms with Crippen LogP contribution in [0.2, 0.25) is 0 Å². The number of nitrogens with one attached hydrogen (secondary N) is 2. The van der Waals surface area contributed by atoms with E-state index >= 15 is 0 Å². The lowest BCUT2D eigenvalue weighted by Crippen LogP contribution is -2.43. The molecule has 0 heterocycles. The molecule has 0 aromatic heterocycles. The lowest BCUT2D eigenvalue weighted by molar-refractivity contribution is -0.123. The summed E-state index contributed by atoms with van der Waals surface area (Å²) < 4.78 is 34.1. The predicted molar refractivity (Wildman–Crippen MR) is 106 cm³/mol. The Morgan fingerprint density at radius 2 is 1.50 bits per heavy atom. The number of hydrogen-bond acceptors (Lipinski definition) is 4. The van der Waals surface area contributed by atoms with Crippen molar-refractivity contribution in [1.82, 2.24) is 10.9 Å². The molecule has 3 rings (SSSR count). The maximum atomic E-state index is 12.1. The Morgan fingerprint density at radius 1 is 0.833 bits per heavy atom. The number of benzene rings is 3. The number of carbonyl (C=O) groups excluding carboxylic acids is 2. The molecule has 2 amide bonds. The van der Waals surface area contributed by atoms with Crippen LogP contribution in [0.25, 0.3) is 11.1 Å². The van der Waals surface area contributed by atoms with E-state index in [0.29, 0.717) is 5.75 Å². The van der Waals surface area contributed by atoms with Crippen molar-refractivity contribution in [2.24, 2.45) is 0 Å². The number of alkyl halides is 2. The molecule has 0 radical (unpaired) electrons. The van der Waals surface area contributed by atoms with E-state index in [1.54, 1.807) is 12.1 Å². The van der Waals surface area contributed by atoms with Crippen LogP contribution >= 0.6 is 0 Å². The van der Waals surface area contributed by atoms with Crippen molar-refractivity contribution in [2.45, 2.75) is 6.61 Å². The standard InChI is InChI=1S/C22H18F2N2O4/c23-22(24)30-17-12-10-16(11-13-17)21(28)26-25-20(27)14-29-19-9-5-4-8-18(19)15-6-2-1-3-7-15/h1-13,22H,14H2,(H,25,27)(H,26,28). The Balaban J connectivity index is 1.52. The SMILES string of the molecule is O=C(COc1ccccc1-c1ccccc1)NNC(=O)c1ccc(OC(F)F)cc1. The molecule has 8 heteroatoms. The quantitative estimate of drug-likeness (QED) is 0.579. The van der Waals surface area contributed by atoms with Crippen LogP contribution in [0.5, 0.6) is 11.5 Å². The Kier molecular flexibility index (Phi) is 6.94. The maximum absolute atomic E-state index is 12.1. The summed E-state index contributed by atoms with van der Waals surface area (Å²) in [5.41, 5.74) is 6.42. The van der Waals surface area contributed by atoms with Crippen molar-refractivity contribution in [2.75, 3.05) is 6.61 Å². The Bertz CT molecular complexity index is 996. The average Bonchev–Trinajstić information content (AvgIpc) is 2.77. The summed E-state index contributed by atoms with van der Waals surface area (Å²) in [6.07, 6.45) is 0. The van der Waals surface area contributed by atoms with Gasteiger partial charge in [-0.15, -0.1) is 0 Å². The van der Waals surface area contributed by atoms with Crippen molar-refractivity contribution < 1.29 is 27.8 Å². The van der Waals surface area contributed by atoms with Crippen LogP contribution in [0.15, 0.2) is 78.9 Å². The largest absolute Gasteiger partial charge is 0.483 e. The van der Waals surface area contributed by atoms with Gasteiger partial charge in [-0.05, 0) is 35.9 Å². The zero-order chi connectivity index (χ0) is 21.3. The third kappa shape index (κ3) is 5.78. The minimum Gasteiger partial charge on any atom is -0.483 e. The van der Waals surface area contributed by atoms with Crippen molar-refractivity contribution in [3.05, 3.63) is 84.4 Å². The first-order valence-electron chi connectivity index (χ1n) is 8.94. The highest BCUT2D eigenvalue weighted by Crippen LogP contribution is 2.29. The van der Waals surface area contributed by atoms with E-state index in [4.69, 9.17) is 4.74 Å². The zero-order valence-electron chi connectivity index (χ0n) is 15.7. The molecule has 0 unspecified atom stereocenters. The molecule has 0 saturated carbocycles. The fraction of sp³-hybridized carbons (Fsp3) is 0.0909. The van der Waals surface area contributed by atoms with E-state index in [0.717, 1.165) is 11.1 Å². The fourth-order valence-electron chi connectivity index (χ4n) is 2.61. The second kappa shape index (κ2) is 10.0. The molecule has 0 fully saturated rings. The molecular weight excluding hydrogens is 394 g/mol. The number of ether oxygens (including phenoxy) is 2. The first kappa shape index (κ1) is 20.8. The number of rotatable bonds is 7. The molecule has 0 aliphatic heterocycles. The summed E-state index contributed by atoms with van der Waals surface area (Å²) in [5.74, 6) is -0.726. The number of hydrazine groups is 1. The van der Waals surface area contributed by atoms with Gasteiger partial charge in [-0.2, -0.15) is 8.78 Å². The highest BCUT2D eigenvalue weighted by molar-refractivity contribution is 5.95. The third-order valence-corrected chi connectivity index (χ3v) is 3.99. The zero-order valence-corrected chi connectivity index (χ0v) is 15.7. The molecule has 0 bridgehead atoms. The van der Waals surface area contributed by atoms with Gasteiger partial charge >= 0.3 is 6.61 Å². The number of para-hydroxylation sites is 1. The summed E-state index contributed by atoms with van der Waals surface area (Å²) in [5, 5.41) is 0. The van der Waals surface area contributed by atoms with Crippen LogP contribution in [0.4, 0.5) is 8.78 Å². The topological polar surface area (TPSA) is 76.7 Å². The van der Waals surface area contributed by atoms with Gasteiger partial charge in [0.05, 0.1) is 0 Å². The van der Waals surface area contributed by atoms with E-state index in [1.165, 1.54) is 24.3 Å². The van der Waals surface area contributed by atoms with Crippen LogP contribution in [0.3, 0.4) is 0 Å². The molecule has 0 aliphatic carbocycles. The van der Waals surface area contributed by atoms with Gasteiger partial charge in [-0.3, -0.25) is 20.4 Å². The Hall–Kier alpha value is -3.94. The van der Waals surface area contributed by atoms with Gasteiger partial charge in [0.25, 0.3) is 11.8 Å². The maximum Gasteiger partial charge on any atom is 0.387 e. The summed E-state index contributed by atoms with van der Waals surface area (Å²) in [4.78, 5) is 24.1. The molecular formula is C22H18F2N2O4. The molecule has 0 atom stereocenters. The lowest BCUT2D eigenvalue weighted by atomic mass is 10.1. The molecule has 3 aromatic rings. The predicted octanol–water partition coefficient (Wildman–Crippen LogP) is 3.80. The lowest BCUT2D eigenvalue weighted by Gasteiger charge is -2.12. The van der Waals surface area contributed by atoms with E-state index < -0.39 is 18.4 Å². The summed E-state index contributed by atoms with van der Waals surface area (Å²) in [7, 11) is 0. The Labute approximate surface area is 171 Å². The highest BCUT2D eigenvalue weighted by Gasteiger charge is 2.11. The van der Waals surface area contributed by atoms with Gasteiger partial charge in [0, 0.05) is 11.1 Å². The Morgan fingerprint density at radius 3 is 2.20 bits per heavy atom. The van der Waals surface area contributed by atoms with Crippen molar-refractivity contribution >= 4 is 11.8 Å². The van der Waals surface area contributed by atoms with E-state index in [-0.39, 0.29) is 17.9 Å². The monoisotopic (exact) mass is 412 g/mol. The number of carbonyl (C=O) groups is 2. The van der Waals surface area contributed by atoms with E-state index in [1.807, 2.05) is 42.5 Å². The summed E-state index contributed by atoms with van der Waals surface area (Å²) in [6.45, 7) is -3.26. The first-order chi connectivity index (χ1) is 14.5. The van der Waals surface area contributed by atoms with Crippen LogP contribution in [0.1, 0.15) is 10.4 Å². The van der Waals surface area contributed by atoms with Gasteiger partial charge in [-0.1, -0.05) is 48.5 Å². The second-order valence-electron chi connectivity index (χ2n) is 6.06. The van der Waals surface area contributed by atoms with Gasteiger partial charge in [-0.25, -0.2) is 0 Å². The molecule has 3 aromatic carbocycles. The van der Waals surface area contributed by atoms with Crippen LogP contribution < -0.4 is 20.3 Å². The molecule has 0 aliphatic rings. The normalized spacial score (nSPS) is 10.4. The smallest absolute Gasteiger partial charge is 0.387 e. The third-order valence-electron chi connectivity index (χ3n) is 3.99. The van der Waals surface area contributed by atoms with Crippen LogP contribution in [0, 0.1) is 0 Å². The summed E-state index contributed by atoms with van der Waals surface area (Å²) in [6, 6.07) is 21.9.